The molecule has 2 N–H and O–H groups in total. The SMILES string of the molecule is COc1ccc(Cl)cc1CC(N)c1sc(C)nc1C. The quantitative estimate of drug-likeness (QED) is 0.936. The lowest BCUT2D eigenvalue weighted by molar-refractivity contribution is 0.408. The van der Waals surface area contributed by atoms with E-state index < -0.39 is 0 Å². The molecular formula is C14H17ClN2OS. The summed E-state index contributed by atoms with van der Waals surface area (Å²) in [4.78, 5) is 5.54. The third-order valence-electron chi connectivity index (χ3n) is 2.96. The van der Waals surface area contributed by atoms with E-state index in [1.807, 2.05) is 32.0 Å². The summed E-state index contributed by atoms with van der Waals surface area (Å²) in [5.41, 5.74) is 8.32. The lowest BCUT2D eigenvalue weighted by Gasteiger charge is -2.14. The Morgan fingerprint density at radius 2 is 2.16 bits per heavy atom. The molecule has 2 rings (SSSR count). The number of rotatable bonds is 4. The number of thiazole rings is 1. The van der Waals surface area contributed by atoms with E-state index in [4.69, 9.17) is 22.1 Å². The highest BCUT2D eigenvalue weighted by Gasteiger charge is 2.16. The van der Waals surface area contributed by atoms with E-state index in [1.54, 1.807) is 18.4 Å². The molecule has 0 spiro atoms. The van der Waals surface area contributed by atoms with Gasteiger partial charge in [-0.05, 0) is 44.0 Å². The number of halogens is 1. The minimum Gasteiger partial charge on any atom is -0.496 e. The van der Waals surface area contributed by atoms with Crippen LogP contribution in [-0.4, -0.2) is 12.1 Å². The largest absolute Gasteiger partial charge is 0.496 e. The van der Waals surface area contributed by atoms with E-state index in [0.29, 0.717) is 11.4 Å². The number of nitrogens with two attached hydrogens (primary N) is 1. The molecule has 1 heterocycles. The molecule has 0 fully saturated rings. The first-order chi connectivity index (χ1) is 9.01. The molecule has 0 radical (unpaired) electrons. The molecule has 102 valence electrons. The molecule has 0 aliphatic rings. The standard InChI is InChI=1S/C14H17ClN2OS/c1-8-14(19-9(2)17-8)12(16)7-10-6-11(15)4-5-13(10)18-3/h4-6,12H,7,16H2,1-3H3. The maximum absolute atomic E-state index is 6.29. The predicted octanol–water partition coefficient (Wildman–Crippen LogP) is 3.66. The highest BCUT2D eigenvalue weighted by atomic mass is 35.5. The lowest BCUT2D eigenvalue weighted by Crippen LogP contribution is -2.13. The zero-order valence-corrected chi connectivity index (χ0v) is 12.8. The van der Waals surface area contributed by atoms with Crippen molar-refractivity contribution in [3.8, 4) is 5.75 Å². The van der Waals surface area contributed by atoms with Crippen LogP contribution < -0.4 is 10.5 Å². The van der Waals surface area contributed by atoms with Crippen molar-refractivity contribution in [2.24, 2.45) is 5.73 Å². The molecule has 0 saturated heterocycles. The van der Waals surface area contributed by atoms with Crippen LogP contribution in [0.5, 0.6) is 5.75 Å². The van der Waals surface area contributed by atoms with Gasteiger partial charge >= 0.3 is 0 Å². The van der Waals surface area contributed by atoms with Crippen LogP contribution in [0.2, 0.25) is 5.02 Å². The van der Waals surface area contributed by atoms with E-state index in [1.165, 1.54) is 0 Å². The van der Waals surface area contributed by atoms with Gasteiger partial charge < -0.3 is 10.5 Å². The number of methoxy groups -OCH3 is 1. The highest BCUT2D eigenvalue weighted by Crippen LogP contribution is 2.30. The van der Waals surface area contributed by atoms with Crippen molar-refractivity contribution in [2.75, 3.05) is 7.11 Å². The molecule has 0 saturated carbocycles. The summed E-state index contributed by atoms with van der Waals surface area (Å²) in [6, 6.07) is 5.51. The molecule has 19 heavy (non-hydrogen) atoms. The van der Waals surface area contributed by atoms with Crippen LogP contribution in [0.15, 0.2) is 18.2 Å². The second kappa shape index (κ2) is 5.90. The molecule has 0 aliphatic heterocycles. The van der Waals surface area contributed by atoms with Crippen LogP contribution >= 0.6 is 22.9 Å². The summed E-state index contributed by atoms with van der Waals surface area (Å²) in [6.45, 7) is 3.99. The Hall–Kier alpha value is -1.10. The molecular weight excluding hydrogens is 280 g/mol. The van der Waals surface area contributed by atoms with Gasteiger partial charge in [0.05, 0.1) is 17.8 Å². The predicted molar refractivity (Wildman–Crippen MR) is 80.2 cm³/mol. The van der Waals surface area contributed by atoms with Crippen molar-refractivity contribution in [1.82, 2.24) is 4.98 Å². The second-order valence-corrected chi connectivity index (χ2v) is 6.12. The number of ether oxygens (including phenoxy) is 1. The molecule has 0 aliphatic carbocycles. The Morgan fingerprint density at radius 3 is 2.74 bits per heavy atom. The van der Waals surface area contributed by atoms with E-state index >= 15 is 0 Å². The molecule has 1 unspecified atom stereocenters. The molecule has 3 nitrogen and oxygen atoms in total. The zero-order chi connectivity index (χ0) is 14.0. The maximum Gasteiger partial charge on any atom is 0.122 e. The van der Waals surface area contributed by atoms with Gasteiger partial charge in [0.2, 0.25) is 0 Å². The Kier molecular flexibility index (Phi) is 4.45. The van der Waals surface area contributed by atoms with Gasteiger partial charge in [-0.15, -0.1) is 11.3 Å². The molecule has 2 aromatic rings. The second-order valence-electron chi connectivity index (χ2n) is 4.45. The molecule has 1 aromatic heterocycles. The Morgan fingerprint density at radius 1 is 1.42 bits per heavy atom. The average Bonchev–Trinajstić information content (AvgIpc) is 2.69. The number of benzene rings is 1. The number of nitrogens with zero attached hydrogens (tertiary/aromatic N) is 1. The van der Waals surface area contributed by atoms with Gasteiger partial charge in [-0.3, -0.25) is 0 Å². The Labute approximate surface area is 122 Å². The topological polar surface area (TPSA) is 48.1 Å². The van der Waals surface area contributed by atoms with Crippen molar-refractivity contribution in [3.63, 3.8) is 0 Å². The average molecular weight is 297 g/mol. The fourth-order valence-corrected chi connectivity index (χ4v) is 3.25. The van der Waals surface area contributed by atoms with E-state index in [2.05, 4.69) is 4.98 Å². The number of hydrogen-bond acceptors (Lipinski definition) is 4. The lowest BCUT2D eigenvalue weighted by atomic mass is 10.0. The molecule has 1 aromatic carbocycles. The molecule has 0 amide bonds. The highest BCUT2D eigenvalue weighted by molar-refractivity contribution is 7.11. The van der Waals surface area contributed by atoms with Gasteiger partial charge in [-0.1, -0.05) is 11.6 Å². The van der Waals surface area contributed by atoms with E-state index in [0.717, 1.165) is 26.9 Å². The van der Waals surface area contributed by atoms with Gasteiger partial charge in [0, 0.05) is 15.9 Å². The van der Waals surface area contributed by atoms with Gasteiger partial charge in [0.25, 0.3) is 0 Å². The van der Waals surface area contributed by atoms with Gasteiger partial charge in [-0.25, -0.2) is 4.98 Å². The fraction of sp³-hybridized carbons (Fsp3) is 0.357. The van der Waals surface area contributed by atoms with Crippen molar-refractivity contribution in [3.05, 3.63) is 44.4 Å². The summed E-state index contributed by atoms with van der Waals surface area (Å²) in [5.74, 6) is 0.818. The monoisotopic (exact) mass is 296 g/mol. The zero-order valence-electron chi connectivity index (χ0n) is 11.2. The minimum atomic E-state index is -0.0847. The molecule has 1 atom stereocenters. The number of hydrogen-bond donors (Lipinski definition) is 1. The summed E-state index contributed by atoms with van der Waals surface area (Å²) in [5, 5.41) is 1.74. The van der Waals surface area contributed by atoms with Crippen molar-refractivity contribution < 1.29 is 4.74 Å². The van der Waals surface area contributed by atoms with E-state index in [-0.39, 0.29) is 6.04 Å². The normalized spacial score (nSPS) is 12.5. The first kappa shape index (κ1) is 14.3. The van der Waals surface area contributed by atoms with Crippen LogP contribution in [0.1, 0.15) is 27.2 Å². The first-order valence-electron chi connectivity index (χ1n) is 6.03. The van der Waals surface area contributed by atoms with E-state index in [9.17, 15) is 0 Å². The van der Waals surface area contributed by atoms with Crippen LogP contribution in [0, 0.1) is 13.8 Å². The van der Waals surface area contributed by atoms with Crippen LogP contribution in [-0.2, 0) is 6.42 Å². The first-order valence-corrected chi connectivity index (χ1v) is 7.22. The third kappa shape index (κ3) is 3.26. The minimum absolute atomic E-state index is 0.0847. The van der Waals surface area contributed by atoms with Crippen molar-refractivity contribution in [2.45, 2.75) is 26.3 Å². The number of aromatic nitrogens is 1. The summed E-state index contributed by atoms with van der Waals surface area (Å²) in [6.07, 6.45) is 0.687. The smallest absolute Gasteiger partial charge is 0.122 e. The summed E-state index contributed by atoms with van der Waals surface area (Å²) >= 11 is 7.68. The number of aryl methyl sites for hydroxylation is 2. The third-order valence-corrected chi connectivity index (χ3v) is 4.40. The van der Waals surface area contributed by atoms with Gasteiger partial charge in [0.15, 0.2) is 0 Å². The van der Waals surface area contributed by atoms with Crippen LogP contribution in [0.4, 0.5) is 0 Å². The van der Waals surface area contributed by atoms with Gasteiger partial charge in [-0.2, -0.15) is 0 Å². The van der Waals surface area contributed by atoms with Crippen LogP contribution in [0.3, 0.4) is 0 Å². The van der Waals surface area contributed by atoms with Gasteiger partial charge in [0.1, 0.15) is 5.75 Å². The molecule has 0 bridgehead atoms. The Bertz CT molecular complexity index is 583. The maximum atomic E-state index is 6.29. The summed E-state index contributed by atoms with van der Waals surface area (Å²) < 4.78 is 5.35. The fourth-order valence-electron chi connectivity index (χ4n) is 2.13. The van der Waals surface area contributed by atoms with Crippen LogP contribution in [0.25, 0.3) is 0 Å². The molecule has 5 heteroatoms. The van der Waals surface area contributed by atoms with Crippen molar-refractivity contribution in [1.29, 1.82) is 0 Å². The van der Waals surface area contributed by atoms with Crippen molar-refractivity contribution >= 4 is 22.9 Å². The Balaban J connectivity index is 2.25. The summed E-state index contributed by atoms with van der Waals surface area (Å²) in [7, 11) is 1.65.